The molecule has 2 aliphatic carbocycles. The Labute approximate surface area is 136 Å². The largest absolute Gasteiger partial charge is 0.345 e. The Morgan fingerprint density at radius 3 is 2.18 bits per heavy atom. The van der Waals surface area contributed by atoms with E-state index in [1.54, 1.807) is 0 Å². The molecule has 1 aromatic rings. The van der Waals surface area contributed by atoms with Crippen LogP contribution in [0.3, 0.4) is 0 Å². The highest BCUT2D eigenvalue weighted by molar-refractivity contribution is 9.10. The number of rotatable bonds is 3. The smallest absolute Gasteiger partial charge is 0.327 e. The Morgan fingerprint density at radius 1 is 1.00 bits per heavy atom. The van der Waals surface area contributed by atoms with Crippen LogP contribution in [0, 0.1) is 0 Å². The molecule has 0 spiro atoms. The van der Waals surface area contributed by atoms with Crippen LogP contribution in [-0.2, 0) is 19.8 Å². The van der Waals surface area contributed by atoms with E-state index in [9.17, 15) is 14.4 Å². The molecular formula is C15H16BrN3O3. The van der Waals surface area contributed by atoms with E-state index in [2.05, 4.69) is 32.1 Å². The summed E-state index contributed by atoms with van der Waals surface area (Å²) in [5, 5.41) is 2.56. The Hall–Kier alpha value is -1.89. The maximum absolute atomic E-state index is 12.3. The molecule has 2 aliphatic rings. The number of halogens is 1. The van der Waals surface area contributed by atoms with Crippen LogP contribution < -0.4 is 16.2 Å². The van der Waals surface area contributed by atoms with Crippen molar-refractivity contribution in [3.05, 3.63) is 34.3 Å². The standard InChI is InChI=1S/C15H16BrN3O3/c16-10-3-1-9(2-4-10)15(7-8-15)14(22)19-18-13(21)12(20)17-11-5-6-11/h1-4,11H,5-8H2,(H,17,20)(H,18,21)(H,19,22). The Morgan fingerprint density at radius 2 is 1.64 bits per heavy atom. The van der Waals surface area contributed by atoms with Crippen LogP contribution in [0.4, 0.5) is 0 Å². The van der Waals surface area contributed by atoms with E-state index in [1.165, 1.54) is 0 Å². The first-order valence-corrected chi connectivity index (χ1v) is 7.98. The van der Waals surface area contributed by atoms with E-state index in [1.807, 2.05) is 24.3 Å². The Kier molecular flexibility index (Phi) is 3.90. The van der Waals surface area contributed by atoms with Crippen molar-refractivity contribution in [2.75, 3.05) is 0 Å². The molecule has 0 aromatic heterocycles. The zero-order chi connectivity index (χ0) is 15.7. The van der Waals surface area contributed by atoms with Crippen LogP contribution in [0.5, 0.6) is 0 Å². The fraction of sp³-hybridized carbons (Fsp3) is 0.400. The molecule has 2 fully saturated rings. The lowest BCUT2D eigenvalue weighted by molar-refractivity contribution is -0.141. The molecule has 0 saturated heterocycles. The van der Waals surface area contributed by atoms with Crippen LogP contribution in [0.25, 0.3) is 0 Å². The quantitative estimate of drug-likeness (QED) is 0.549. The summed E-state index contributed by atoms with van der Waals surface area (Å²) in [4.78, 5) is 35.4. The summed E-state index contributed by atoms with van der Waals surface area (Å²) in [6.07, 6.45) is 3.26. The van der Waals surface area contributed by atoms with E-state index in [0.717, 1.165) is 35.7 Å². The van der Waals surface area contributed by atoms with Gasteiger partial charge in [0.1, 0.15) is 0 Å². The van der Waals surface area contributed by atoms with E-state index in [4.69, 9.17) is 0 Å². The van der Waals surface area contributed by atoms with E-state index in [-0.39, 0.29) is 11.9 Å². The van der Waals surface area contributed by atoms with Crippen molar-refractivity contribution in [3.63, 3.8) is 0 Å². The van der Waals surface area contributed by atoms with Crippen molar-refractivity contribution in [1.29, 1.82) is 0 Å². The molecule has 3 N–H and O–H groups in total. The van der Waals surface area contributed by atoms with Crippen LogP contribution in [0.15, 0.2) is 28.7 Å². The number of hydrazine groups is 1. The van der Waals surface area contributed by atoms with Gasteiger partial charge in [0.05, 0.1) is 5.41 Å². The highest BCUT2D eigenvalue weighted by Gasteiger charge is 2.51. The predicted octanol–water partition coefficient (Wildman–Crippen LogP) is 0.907. The van der Waals surface area contributed by atoms with Gasteiger partial charge in [0.25, 0.3) is 0 Å². The third-order valence-electron chi connectivity index (χ3n) is 3.99. The Balaban J connectivity index is 1.56. The van der Waals surface area contributed by atoms with Crippen molar-refractivity contribution in [2.45, 2.75) is 37.1 Å². The highest BCUT2D eigenvalue weighted by atomic mass is 79.9. The van der Waals surface area contributed by atoms with Crippen LogP contribution >= 0.6 is 15.9 Å². The molecule has 0 aliphatic heterocycles. The molecule has 1 aromatic carbocycles. The topological polar surface area (TPSA) is 87.3 Å². The molecule has 0 atom stereocenters. The number of carbonyl (C=O) groups is 3. The van der Waals surface area contributed by atoms with Gasteiger partial charge in [-0.2, -0.15) is 0 Å². The van der Waals surface area contributed by atoms with Gasteiger partial charge in [-0.05, 0) is 43.4 Å². The first-order valence-electron chi connectivity index (χ1n) is 7.19. The van der Waals surface area contributed by atoms with Crippen molar-refractivity contribution >= 4 is 33.7 Å². The zero-order valence-electron chi connectivity index (χ0n) is 11.8. The van der Waals surface area contributed by atoms with Gasteiger partial charge < -0.3 is 5.32 Å². The molecule has 2 saturated carbocycles. The minimum Gasteiger partial charge on any atom is -0.345 e. The molecule has 0 bridgehead atoms. The fourth-order valence-electron chi connectivity index (χ4n) is 2.31. The first kappa shape index (κ1) is 15.0. The number of hydrogen-bond donors (Lipinski definition) is 3. The maximum Gasteiger partial charge on any atom is 0.327 e. The molecule has 0 heterocycles. The van der Waals surface area contributed by atoms with Crippen molar-refractivity contribution in [1.82, 2.24) is 16.2 Å². The second-order valence-electron chi connectivity index (χ2n) is 5.74. The van der Waals surface area contributed by atoms with Crippen LogP contribution in [0.1, 0.15) is 31.2 Å². The SMILES string of the molecule is O=C(NNC(=O)C1(c2ccc(Br)cc2)CC1)C(=O)NC1CC1. The van der Waals surface area contributed by atoms with Crippen molar-refractivity contribution in [2.24, 2.45) is 0 Å². The lowest BCUT2D eigenvalue weighted by atomic mass is 9.95. The van der Waals surface area contributed by atoms with Gasteiger partial charge in [0, 0.05) is 10.5 Å². The summed E-state index contributed by atoms with van der Waals surface area (Å²) < 4.78 is 0.942. The summed E-state index contributed by atoms with van der Waals surface area (Å²) in [5.74, 6) is -1.84. The summed E-state index contributed by atoms with van der Waals surface area (Å²) in [5.41, 5.74) is 4.86. The average molecular weight is 366 g/mol. The van der Waals surface area contributed by atoms with Crippen molar-refractivity contribution in [3.8, 4) is 0 Å². The van der Waals surface area contributed by atoms with E-state index >= 15 is 0 Å². The van der Waals surface area contributed by atoms with Gasteiger partial charge in [0.2, 0.25) is 5.91 Å². The molecule has 116 valence electrons. The molecule has 3 amide bonds. The number of hydrogen-bond acceptors (Lipinski definition) is 3. The molecule has 7 heteroatoms. The molecule has 3 rings (SSSR count). The van der Waals surface area contributed by atoms with Crippen LogP contribution in [0.2, 0.25) is 0 Å². The summed E-state index contributed by atoms with van der Waals surface area (Å²) in [7, 11) is 0. The van der Waals surface area contributed by atoms with Gasteiger partial charge in [-0.1, -0.05) is 28.1 Å². The first-order chi connectivity index (χ1) is 10.5. The third-order valence-corrected chi connectivity index (χ3v) is 4.52. The molecule has 6 nitrogen and oxygen atoms in total. The van der Waals surface area contributed by atoms with Gasteiger partial charge in [-0.25, -0.2) is 0 Å². The molecule has 22 heavy (non-hydrogen) atoms. The number of carbonyl (C=O) groups excluding carboxylic acids is 3. The summed E-state index contributed by atoms with van der Waals surface area (Å²) in [6.45, 7) is 0. The predicted molar refractivity (Wildman–Crippen MR) is 82.5 cm³/mol. The average Bonchev–Trinajstić information content (AvgIpc) is 3.39. The zero-order valence-corrected chi connectivity index (χ0v) is 13.4. The number of nitrogens with one attached hydrogen (secondary N) is 3. The summed E-state index contributed by atoms with van der Waals surface area (Å²) >= 11 is 3.36. The van der Waals surface area contributed by atoms with E-state index < -0.39 is 17.2 Å². The van der Waals surface area contributed by atoms with Crippen LogP contribution in [-0.4, -0.2) is 23.8 Å². The lowest BCUT2D eigenvalue weighted by Gasteiger charge is -2.16. The van der Waals surface area contributed by atoms with E-state index in [0.29, 0.717) is 0 Å². The Bertz CT molecular complexity index is 621. The lowest BCUT2D eigenvalue weighted by Crippen LogP contribution is -2.51. The maximum atomic E-state index is 12.3. The van der Waals surface area contributed by atoms with Gasteiger partial charge in [-0.15, -0.1) is 0 Å². The van der Waals surface area contributed by atoms with Gasteiger partial charge in [-0.3, -0.25) is 25.2 Å². The summed E-state index contributed by atoms with van der Waals surface area (Å²) in [6, 6.07) is 7.64. The van der Waals surface area contributed by atoms with Gasteiger partial charge in [0.15, 0.2) is 0 Å². The monoisotopic (exact) mass is 365 g/mol. The van der Waals surface area contributed by atoms with Gasteiger partial charge >= 0.3 is 11.8 Å². The molecule has 0 unspecified atom stereocenters. The third kappa shape index (κ3) is 3.14. The second-order valence-corrected chi connectivity index (χ2v) is 6.66. The van der Waals surface area contributed by atoms with Crippen molar-refractivity contribution < 1.29 is 14.4 Å². The second kappa shape index (κ2) is 5.72. The molecule has 0 radical (unpaired) electrons. The molecular weight excluding hydrogens is 350 g/mol. The minimum absolute atomic E-state index is 0.103. The highest BCUT2D eigenvalue weighted by Crippen LogP contribution is 2.48. The minimum atomic E-state index is -0.841. The normalized spacial score (nSPS) is 18.2. The number of benzene rings is 1. The number of amides is 3. The fourth-order valence-corrected chi connectivity index (χ4v) is 2.57.